The zero-order chi connectivity index (χ0) is 11.6. The predicted octanol–water partition coefficient (Wildman–Crippen LogP) is 2.21. The first-order valence-electron chi connectivity index (χ1n) is 5.79. The topological polar surface area (TPSA) is 50.2 Å². The highest BCUT2D eigenvalue weighted by Gasteiger charge is 2.39. The fourth-order valence-electron chi connectivity index (χ4n) is 2.23. The molecule has 0 aromatic carbocycles. The molecule has 1 aliphatic carbocycles. The Morgan fingerprint density at radius 1 is 1.50 bits per heavy atom. The summed E-state index contributed by atoms with van der Waals surface area (Å²) in [6, 6.07) is 3.44. The SMILES string of the molecule is CC1CCC(O)(C(=O)c2cccnc2)CC1. The molecule has 86 valence electrons. The maximum absolute atomic E-state index is 12.1. The summed E-state index contributed by atoms with van der Waals surface area (Å²) in [6.45, 7) is 2.16. The van der Waals surface area contributed by atoms with Crippen LogP contribution in [0.25, 0.3) is 0 Å². The quantitative estimate of drug-likeness (QED) is 0.776. The highest BCUT2D eigenvalue weighted by molar-refractivity contribution is 6.02. The van der Waals surface area contributed by atoms with Gasteiger partial charge in [-0.05, 0) is 43.7 Å². The van der Waals surface area contributed by atoms with Gasteiger partial charge in [-0.3, -0.25) is 9.78 Å². The van der Waals surface area contributed by atoms with Gasteiger partial charge in [0.15, 0.2) is 5.78 Å². The summed E-state index contributed by atoms with van der Waals surface area (Å²) in [5.41, 5.74) is -0.644. The lowest BCUT2D eigenvalue weighted by atomic mass is 9.76. The second kappa shape index (κ2) is 4.34. The Kier molecular flexibility index (Phi) is 3.06. The molecule has 1 aliphatic rings. The van der Waals surface area contributed by atoms with E-state index in [1.807, 2.05) is 0 Å². The summed E-state index contributed by atoms with van der Waals surface area (Å²) < 4.78 is 0. The number of carbonyl (C=O) groups is 1. The molecule has 1 heterocycles. The van der Waals surface area contributed by atoms with E-state index in [2.05, 4.69) is 11.9 Å². The van der Waals surface area contributed by atoms with E-state index in [1.54, 1.807) is 18.3 Å². The Bertz CT molecular complexity index is 367. The first-order valence-corrected chi connectivity index (χ1v) is 5.79. The molecule has 0 unspecified atom stereocenters. The van der Waals surface area contributed by atoms with Crippen LogP contribution in [-0.4, -0.2) is 21.5 Å². The zero-order valence-electron chi connectivity index (χ0n) is 9.52. The summed E-state index contributed by atoms with van der Waals surface area (Å²) in [5, 5.41) is 10.3. The van der Waals surface area contributed by atoms with Crippen molar-refractivity contribution in [2.45, 2.75) is 38.2 Å². The highest BCUT2D eigenvalue weighted by Crippen LogP contribution is 2.33. The molecule has 0 spiro atoms. The van der Waals surface area contributed by atoms with Crippen LogP contribution in [0.2, 0.25) is 0 Å². The molecule has 1 aromatic rings. The maximum Gasteiger partial charge on any atom is 0.195 e. The van der Waals surface area contributed by atoms with E-state index in [0.717, 1.165) is 12.8 Å². The van der Waals surface area contributed by atoms with Crippen molar-refractivity contribution >= 4 is 5.78 Å². The summed E-state index contributed by atoms with van der Waals surface area (Å²) in [5.74, 6) is 0.439. The molecule has 0 atom stereocenters. The van der Waals surface area contributed by atoms with Gasteiger partial charge in [-0.15, -0.1) is 0 Å². The number of aromatic nitrogens is 1. The summed E-state index contributed by atoms with van der Waals surface area (Å²) in [7, 11) is 0. The van der Waals surface area contributed by atoms with Crippen LogP contribution in [0.1, 0.15) is 43.0 Å². The molecule has 0 amide bonds. The molecule has 0 radical (unpaired) electrons. The molecule has 0 aliphatic heterocycles. The number of Topliss-reactive ketones (excluding diaryl/α,β-unsaturated/α-hetero) is 1. The Hall–Kier alpha value is -1.22. The molecule has 1 saturated carbocycles. The van der Waals surface area contributed by atoms with Gasteiger partial charge in [0, 0.05) is 18.0 Å². The van der Waals surface area contributed by atoms with Crippen molar-refractivity contribution in [2.75, 3.05) is 0 Å². The summed E-state index contributed by atoms with van der Waals surface area (Å²) >= 11 is 0. The molecule has 16 heavy (non-hydrogen) atoms. The third-order valence-corrected chi connectivity index (χ3v) is 3.45. The number of nitrogens with zero attached hydrogens (tertiary/aromatic N) is 1. The smallest absolute Gasteiger partial charge is 0.195 e. The Morgan fingerprint density at radius 3 is 2.75 bits per heavy atom. The van der Waals surface area contributed by atoms with Gasteiger partial charge in [0.2, 0.25) is 0 Å². The van der Waals surface area contributed by atoms with Crippen LogP contribution >= 0.6 is 0 Å². The minimum Gasteiger partial charge on any atom is -0.382 e. The molecular formula is C13H17NO2. The van der Waals surface area contributed by atoms with Crippen molar-refractivity contribution in [2.24, 2.45) is 5.92 Å². The zero-order valence-corrected chi connectivity index (χ0v) is 9.52. The van der Waals surface area contributed by atoms with E-state index in [0.29, 0.717) is 24.3 Å². The molecule has 1 aromatic heterocycles. The molecule has 0 saturated heterocycles. The van der Waals surface area contributed by atoms with Crippen LogP contribution in [0.3, 0.4) is 0 Å². The number of pyridine rings is 1. The Balaban J connectivity index is 2.16. The van der Waals surface area contributed by atoms with Gasteiger partial charge in [0.25, 0.3) is 0 Å². The fourth-order valence-corrected chi connectivity index (χ4v) is 2.23. The number of carbonyl (C=O) groups excluding carboxylic acids is 1. The fraction of sp³-hybridized carbons (Fsp3) is 0.538. The number of ketones is 1. The minimum absolute atomic E-state index is 0.174. The van der Waals surface area contributed by atoms with Gasteiger partial charge in [-0.1, -0.05) is 6.92 Å². The molecule has 1 N–H and O–H groups in total. The third kappa shape index (κ3) is 2.14. The van der Waals surface area contributed by atoms with Crippen LogP contribution in [0, 0.1) is 5.92 Å². The second-order valence-electron chi connectivity index (χ2n) is 4.78. The van der Waals surface area contributed by atoms with E-state index in [9.17, 15) is 9.90 Å². The van der Waals surface area contributed by atoms with Crippen molar-refractivity contribution in [3.8, 4) is 0 Å². The third-order valence-electron chi connectivity index (χ3n) is 3.45. The van der Waals surface area contributed by atoms with Crippen molar-refractivity contribution in [1.82, 2.24) is 4.98 Å². The normalized spacial score (nSPS) is 30.0. The minimum atomic E-state index is -1.16. The number of hydrogen-bond donors (Lipinski definition) is 1. The van der Waals surface area contributed by atoms with E-state index >= 15 is 0 Å². The van der Waals surface area contributed by atoms with Gasteiger partial charge in [-0.25, -0.2) is 0 Å². The van der Waals surface area contributed by atoms with Crippen LogP contribution in [0.4, 0.5) is 0 Å². The molecule has 2 rings (SSSR count). The van der Waals surface area contributed by atoms with Crippen LogP contribution < -0.4 is 0 Å². The van der Waals surface area contributed by atoms with E-state index in [-0.39, 0.29) is 5.78 Å². The summed E-state index contributed by atoms with van der Waals surface area (Å²) in [4.78, 5) is 16.1. The van der Waals surface area contributed by atoms with Gasteiger partial charge >= 0.3 is 0 Å². The highest BCUT2D eigenvalue weighted by atomic mass is 16.3. The Labute approximate surface area is 95.5 Å². The van der Waals surface area contributed by atoms with Crippen molar-refractivity contribution in [1.29, 1.82) is 0 Å². The predicted molar refractivity (Wildman–Crippen MR) is 61.1 cm³/mol. The average Bonchev–Trinajstić information content (AvgIpc) is 2.33. The molecule has 3 nitrogen and oxygen atoms in total. The molecule has 1 fully saturated rings. The first-order chi connectivity index (χ1) is 7.62. The van der Waals surface area contributed by atoms with Gasteiger partial charge in [-0.2, -0.15) is 0 Å². The number of rotatable bonds is 2. The molecule has 3 heteroatoms. The van der Waals surface area contributed by atoms with Crippen LogP contribution in [0.15, 0.2) is 24.5 Å². The van der Waals surface area contributed by atoms with E-state index in [4.69, 9.17) is 0 Å². The lowest BCUT2D eigenvalue weighted by Gasteiger charge is -2.33. The van der Waals surface area contributed by atoms with Gasteiger partial charge in [0.1, 0.15) is 5.60 Å². The first kappa shape index (κ1) is 11.3. The average molecular weight is 219 g/mol. The second-order valence-corrected chi connectivity index (χ2v) is 4.78. The van der Waals surface area contributed by atoms with Crippen LogP contribution in [-0.2, 0) is 0 Å². The maximum atomic E-state index is 12.1. The van der Waals surface area contributed by atoms with Crippen molar-refractivity contribution in [3.05, 3.63) is 30.1 Å². The van der Waals surface area contributed by atoms with Crippen LogP contribution in [0.5, 0.6) is 0 Å². The van der Waals surface area contributed by atoms with E-state index in [1.165, 1.54) is 6.20 Å². The lowest BCUT2D eigenvalue weighted by molar-refractivity contribution is 0.00423. The largest absolute Gasteiger partial charge is 0.382 e. The van der Waals surface area contributed by atoms with E-state index < -0.39 is 5.60 Å². The molecular weight excluding hydrogens is 202 g/mol. The Morgan fingerprint density at radius 2 is 2.19 bits per heavy atom. The molecule has 0 bridgehead atoms. The van der Waals surface area contributed by atoms with Gasteiger partial charge < -0.3 is 5.11 Å². The monoisotopic (exact) mass is 219 g/mol. The standard InChI is InChI=1S/C13H17NO2/c1-10-4-6-13(16,7-5-10)12(15)11-3-2-8-14-9-11/h2-3,8-10,16H,4-7H2,1H3. The van der Waals surface area contributed by atoms with Gasteiger partial charge in [0.05, 0.1) is 0 Å². The number of hydrogen-bond acceptors (Lipinski definition) is 3. The summed E-state index contributed by atoms with van der Waals surface area (Å²) in [6.07, 6.45) is 6.14. The van der Waals surface area contributed by atoms with Crippen molar-refractivity contribution < 1.29 is 9.90 Å². The number of aliphatic hydroxyl groups is 1. The van der Waals surface area contributed by atoms with Crippen molar-refractivity contribution in [3.63, 3.8) is 0 Å². The lowest BCUT2D eigenvalue weighted by Crippen LogP contribution is -2.41.